The summed E-state index contributed by atoms with van der Waals surface area (Å²) in [5.74, 6) is -0.519. The van der Waals surface area contributed by atoms with Crippen LogP contribution in [0.4, 0.5) is 0 Å². The first-order valence-corrected chi connectivity index (χ1v) is 5.33. The molecule has 1 aromatic heterocycles. The Labute approximate surface area is 94.1 Å². The number of aromatic carboxylic acids is 1. The zero-order valence-electron chi connectivity index (χ0n) is 9.27. The molecule has 5 nitrogen and oxygen atoms in total. The van der Waals surface area contributed by atoms with Crippen LogP contribution in [0.25, 0.3) is 0 Å². The lowest BCUT2D eigenvalue weighted by Crippen LogP contribution is -2.28. The Hall–Kier alpha value is -1.33. The lowest BCUT2D eigenvalue weighted by Gasteiger charge is -2.14. The minimum Gasteiger partial charge on any atom is -0.475 e. The molecule has 1 unspecified atom stereocenters. The second-order valence-electron chi connectivity index (χ2n) is 3.57. The van der Waals surface area contributed by atoms with Gasteiger partial charge < -0.3 is 19.9 Å². The van der Waals surface area contributed by atoms with Crippen LogP contribution in [0, 0.1) is 0 Å². The first-order valence-electron chi connectivity index (χ1n) is 5.33. The molecule has 0 saturated carbocycles. The molecular formula is C11H17NO4. The normalized spacial score (nSPS) is 12.6. The van der Waals surface area contributed by atoms with Crippen molar-refractivity contribution in [2.45, 2.75) is 32.4 Å². The van der Waals surface area contributed by atoms with E-state index in [-0.39, 0.29) is 18.4 Å². The van der Waals surface area contributed by atoms with Crippen molar-refractivity contribution in [3.05, 3.63) is 23.7 Å². The van der Waals surface area contributed by atoms with Crippen molar-refractivity contribution in [2.75, 3.05) is 6.61 Å². The zero-order valence-corrected chi connectivity index (χ0v) is 9.27. The predicted octanol–water partition coefficient (Wildman–Crippen LogP) is 1.23. The first-order chi connectivity index (χ1) is 7.67. The summed E-state index contributed by atoms with van der Waals surface area (Å²) in [6.45, 7) is 2.65. The van der Waals surface area contributed by atoms with Crippen molar-refractivity contribution in [3.63, 3.8) is 0 Å². The molecular weight excluding hydrogens is 210 g/mol. The lowest BCUT2D eigenvalue weighted by molar-refractivity contribution is 0.0660. The number of carbonyl (C=O) groups is 1. The van der Waals surface area contributed by atoms with Gasteiger partial charge in [0.2, 0.25) is 5.76 Å². The van der Waals surface area contributed by atoms with Crippen LogP contribution in [-0.4, -0.2) is 28.8 Å². The fraction of sp³-hybridized carbons (Fsp3) is 0.545. The molecule has 0 saturated heterocycles. The maximum atomic E-state index is 10.6. The van der Waals surface area contributed by atoms with E-state index >= 15 is 0 Å². The average molecular weight is 227 g/mol. The second-order valence-corrected chi connectivity index (χ2v) is 3.57. The number of hydrogen-bond donors (Lipinski definition) is 3. The van der Waals surface area contributed by atoms with Gasteiger partial charge in [0.15, 0.2) is 0 Å². The molecule has 5 heteroatoms. The van der Waals surface area contributed by atoms with E-state index in [2.05, 4.69) is 5.32 Å². The maximum absolute atomic E-state index is 10.6. The summed E-state index contributed by atoms with van der Waals surface area (Å²) in [5.41, 5.74) is 0. The Morgan fingerprint density at radius 2 is 2.31 bits per heavy atom. The monoisotopic (exact) mass is 227 g/mol. The van der Waals surface area contributed by atoms with Crippen LogP contribution in [0.2, 0.25) is 0 Å². The van der Waals surface area contributed by atoms with Gasteiger partial charge in [-0.2, -0.15) is 0 Å². The van der Waals surface area contributed by atoms with E-state index in [1.54, 1.807) is 6.07 Å². The molecule has 1 atom stereocenters. The van der Waals surface area contributed by atoms with E-state index in [0.29, 0.717) is 18.7 Å². The van der Waals surface area contributed by atoms with Crippen molar-refractivity contribution < 1.29 is 19.4 Å². The van der Waals surface area contributed by atoms with Gasteiger partial charge in [0.05, 0.1) is 6.54 Å². The van der Waals surface area contributed by atoms with Gasteiger partial charge in [-0.3, -0.25) is 0 Å². The molecule has 0 bridgehead atoms. The van der Waals surface area contributed by atoms with Crippen molar-refractivity contribution in [3.8, 4) is 0 Å². The van der Waals surface area contributed by atoms with E-state index in [0.717, 1.165) is 6.42 Å². The standard InChI is InChI=1S/C11H17NO4/c1-2-8(5-6-13)12-7-9-3-4-10(16-9)11(14)15/h3-4,8,12-13H,2,5-7H2,1H3,(H,14,15). The second kappa shape index (κ2) is 6.30. The summed E-state index contributed by atoms with van der Waals surface area (Å²) in [6, 6.07) is 3.30. The fourth-order valence-corrected chi connectivity index (χ4v) is 1.44. The minimum absolute atomic E-state index is 0.0491. The Bertz CT molecular complexity index is 334. The highest BCUT2D eigenvalue weighted by Crippen LogP contribution is 2.08. The topological polar surface area (TPSA) is 82.7 Å². The van der Waals surface area contributed by atoms with Gasteiger partial charge in [-0.05, 0) is 25.0 Å². The van der Waals surface area contributed by atoms with Gasteiger partial charge >= 0.3 is 5.97 Å². The molecule has 0 aromatic carbocycles. The Kier molecular flexibility index (Phi) is 5.01. The van der Waals surface area contributed by atoms with E-state index < -0.39 is 5.97 Å². The van der Waals surface area contributed by atoms with E-state index in [1.807, 2.05) is 6.92 Å². The molecule has 0 aliphatic heterocycles. The van der Waals surface area contributed by atoms with Gasteiger partial charge in [0, 0.05) is 12.6 Å². The predicted molar refractivity (Wildman–Crippen MR) is 58.3 cm³/mol. The van der Waals surface area contributed by atoms with E-state index in [4.69, 9.17) is 14.6 Å². The third kappa shape index (κ3) is 3.67. The molecule has 90 valence electrons. The molecule has 16 heavy (non-hydrogen) atoms. The van der Waals surface area contributed by atoms with Crippen molar-refractivity contribution in [1.29, 1.82) is 0 Å². The van der Waals surface area contributed by atoms with Crippen LogP contribution in [0.5, 0.6) is 0 Å². The number of aliphatic hydroxyl groups excluding tert-OH is 1. The lowest BCUT2D eigenvalue weighted by atomic mass is 10.1. The molecule has 0 aliphatic rings. The summed E-state index contributed by atoms with van der Waals surface area (Å²) in [6.07, 6.45) is 1.59. The number of carboxylic acids is 1. The number of carboxylic acid groups (broad SMARTS) is 1. The molecule has 1 heterocycles. The molecule has 0 aliphatic carbocycles. The van der Waals surface area contributed by atoms with Crippen molar-refractivity contribution in [1.82, 2.24) is 5.32 Å². The molecule has 3 N–H and O–H groups in total. The SMILES string of the molecule is CCC(CCO)NCc1ccc(C(=O)O)o1. The van der Waals surface area contributed by atoms with Crippen molar-refractivity contribution >= 4 is 5.97 Å². The highest BCUT2D eigenvalue weighted by molar-refractivity contribution is 5.84. The zero-order chi connectivity index (χ0) is 12.0. The summed E-state index contributed by atoms with van der Waals surface area (Å²) < 4.78 is 5.09. The molecule has 0 spiro atoms. The number of furan rings is 1. The van der Waals surface area contributed by atoms with Gasteiger partial charge in [-0.15, -0.1) is 0 Å². The minimum atomic E-state index is -1.06. The molecule has 0 amide bonds. The Balaban J connectivity index is 2.44. The van der Waals surface area contributed by atoms with E-state index in [9.17, 15) is 4.79 Å². The Morgan fingerprint density at radius 1 is 1.56 bits per heavy atom. The highest BCUT2D eigenvalue weighted by atomic mass is 16.4. The fourth-order valence-electron chi connectivity index (χ4n) is 1.44. The van der Waals surface area contributed by atoms with Crippen molar-refractivity contribution in [2.24, 2.45) is 0 Å². The first kappa shape index (κ1) is 12.7. The number of nitrogens with one attached hydrogen (secondary N) is 1. The molecule has 0 fully saturated rings. The van der Waals surface area contributed by atoms with Crippen LogP contribution >= 0.6 is 0 Å². The van der Waals surface area contributed by atoms with Gasteiger partial charge in [-0.25, -0.2) is 4.79 Å². The summed E-state index contributed by atoms with van der Waals surface area (Å²) >= 11 is 0. The summed E-state index contributed by atoms with van der Waals surface area (Å²) in [7, 11) is 0. The number of hydrogen-bond acceptors (Lipinski definition) is 4. The molecule has 1 aromatic rings. The van der Waals surface area contributed by atoms with Crippen LogP contribution in [-0.2, 0) is 6.54 Å². The van der Waals surface area contributed by atoms with Crippen LogP contribution < -0.4 is 5.32 Å². The van der Waals surface area contributed by atoms with Crippen LogP contribution in [0.3, 0.4) is 0 Å². The smallest absolute Gasteiger partial charge is 0.371 e. The average Bonchev–Trinajstić information content (AvgIpc) is 2.73. The third-order valence-electron chi connectivity index (χ3n) is 2.41. The van der Waals surface area contributed by atoms with Gasteiger partial charge in [0.25, 0.3) is 0 Å². The quantitative estimate of drug-likeness (QED) is 0.652. The largest absolute Gasteiger partial charge is 0.475 e. The molecule has 1 rings (SSSR count). The van der Waals surface area contributed by atoms with Gasteiger partial charge in [0.1, 0.15) is 5.76 Å². The summed E-state index contributed by atoms with van der Waals surface area (Å²) in [5, 5.41) is 20.7. The number of aliphatic hydroxyl groups is 1. The molecule has 0 radical (unpaired) electrons. The van der Waals surface area contributed by atoms with Crippen LogP contribution in [0.1, 0.15) is 36.1 Å². The highest BCUT2D eigenvalue weighted by Gasteiger charge is 2.10. The maximum Gasteiger partial charge on any atom is 0.371 e. The third-order valence-corrected chi connectivity index (χ3v) is 2.41. The van der Waals surface area contributed by atoms with Crippen LogP contribution in [0.15, 0.2) is 16.5 Å². The van der Waals surface area contributed by atoms with E-state index in [1.165, 1.54) is 6.07 Å². The number of rotatable bonds is 7. The Morgan fingerprint density at radius 3 is 2.81 bits per heavy atom. The summed E-state index contributed by atoms with van der Waals surface area (Å²) in [4.78, 5) is 10.6. The van der Waals surface area contributed by atoms with Gasteiger partial charge in [-0.1, -0.05) is 6.92 Å².